The standard InChI is InChI=1S/C16H14O4/c17-11-16(20)9-13(10-16)4-2-1-3-12-5-7-14(8-6-12)15(18)19/h5-8,13,17,20H,9-11H2,(H,18,19)/t13-,16-. The van der Waals surface area contributed by atoms with Gasteiger partial charge in [-0.05, 0) is 48.9 Å². The molecule has 0 atom stereocenters. The van der Waals surface area contributed by atoms with E-state index in [9.17, 15) is 9.90 Å². The maximum absolute atomic E-state index is 10.7. The smallest absolute Gasteiger partial charge is 0.335 e. The lowest BCUT2D eigenvalue weighted by Gasteiger charge is -2.39. The van der Waals surface area contributed by atoms with Gasteiger partial charge in [-0.25, -0.2) is 4.79 Å². The van der Waals surface area contributed by atoms with Crippen LogP contribution in [0.25, 0.3) is 0 Å². The molecule has 4 heteroatoms. The fourth-order valence-corrected chi connectivity index (χ4v) is 2.03. The SMILES string of the molecule is O=C(O)c1ccc(C#CC#C[C@H]2C[C@@](O)(CO)C2)cc1. The Morgan fingerprint density at radius 1 is 1.25 bits per heavy atom. The molecule has 1 aliphatic carbocycles. The molecule has 2 rings (SSSR count). The topological polar surface area (TPSA) is 77.8 Å². The van der Waals surface area contributed by atoms with Crippen molar-refractivity contribution in [3.63, 3.8) is 0 Å². The maximum atomic E-state index is 10.7. The third-order valence-electron chi connectivity index (χ3n) is 3.22. The molecule has 0 spiro atoms. The van der Waals surface area contributed by atoms with Crippen LogP contribution in [0.5, 0.6) is 0 Å². The largest absolute Gasteiger partial charge is 0.478 e. The van der Waals surface area contributed by atoms with E-state index < -0.39 is 11.6 Å². The molecule has 0 amide bonds. The highest BCUT2D eigenvalue weighted by Crippen LogP contribution is 2.36. The first kappa shape index (κ1) is 14.1. The number of aromatic carboxylic acids is 1. The first-order valence-corrected chi connectivity index (χ1v) is 6.20. The van der Waals surface area contributed by atoms with Crippen LogP contribution in [0.3, 0.4) is 0 Å². The molecule has 20 heavy (non-hydrogen) atoms. The molecular weight excluding hydrogens is 256 g/mol. The van der Waals surface area contributed by atoms with Crippen LogP contribution in [0.4, 0.5) is 0 Å². The summed E-state index contributed by atoms with van der Waals surface area (Å²) in [7, 11) is 0. The zero-order valence-electron chi connectivity index (χ0n) is 10.8. The number of carboxylic acid groups (broad SMARTS) is 1. The van der Waals surface area contributed by atoms with Gasteiger partial charge in [0.25, 0.3) is 0 Å². The second-order valence-corrected chi connectivity index (χ2v) is 4.89. The van der Waals surface area contributed by atoms with Crippen molar-refractivity contribution in [1.29, 1.82) is 0 Å². The lowest BCUT2D eigenvalue weighted by atomic mass is 9.72. The van der Waals surface area contributed by atoms with Gasteiger partial charge in [0, 0.05) is 11.5 Å². The van der Waals surface area contributed by atoms with Crippen molar-refractivity contribution in [1.82, 2.24) is 0 Å². The van der Waals surface area contributed by atoms with E-state index in [0.29, 0.717) is 18.4 Å². The van der Waals surface area contributed by atoms with Crippen LogP contribution >= 0.6 is 0 Å². The summed E-state index contributed by atoms with van der Waals surface area (Å²) in [6.45, 7) is -0.229. The summed E-state index contributed by atoms with van der Waals surface area (Å²) in [6, 6.07) is 6.25. The highest BCUT2D eigenvalue weighted by Gasteiger charge is 2.41. The van der Waals surface area contributed by atoms with Crippen molar-refractivity contribution in [2.24, 2.45) is 5.92 Å². The molecule has 1 saturated carbocycles. The Morgan fingerprint density at radius 3 is 2.45 bits per heavy atom. The number of benzene rings is 1. The first-order chi connectivity index (χ1) is 9.52. The van der Waals surface area contributed by atoms with Crippen LogP contribution in [-0.2, 0) is 0 Å². The molecule has 4 nitrogen and oxygen atoms in total. The number of hydrogen-bond donors (Lipinski definition) is 3. The van der Waals surface area contributed by atoms with Crippen molar-refractivity contribution in [2.75, 3.05) is 6.61 Å². The van der Waals surface area contributed by atoms with E-state index in [1.165, 1.54) is 12.1 Å². The quantitative estimate of drug-likeness (QED) is 0.697. The van der Waals surface area contributed by atoms with E-state index in [4.69, 9.17) is 10.2 Å². The highest BCUT2D eigenvalue weighted by atomic mass is 16.4. The van der Waals surface area contributed by atoms with Gasteiger partial charge in [0.1, 0.15) is 0 Å². The molecule has 0 heterocycles. The van der Waals surface area contributed by atoms with Crippen LogP contribution in [0.15, 0.2) is 24.3 Å². The first-order valence-electron chi connectivity index (χ1n) is 6.20. The van der Waals surface area contributed by atoms with Gasteiger partial charge in [0.15, 0.2) is 0 Å². The van der Waals surface area contributed by atoms with Gasteiger partial charge in [-0.1, -0.05) is 11.8 Å². The van der Waals surface area contributed by atoms with Crippen LogP contribution in [0, 0.1) is 29.6 Å². The molecule has 102 valence electrons. The van der Waals surface area contributed by atoms with Crippen LogP contribution in [0.2, 0.25) is 0 Å². The third-order valence-corrected chi connectivity index (χ3v) is 3.22. The number of hydrogen-bond acceptors (Lipinski definition) is 3. The third kappa shape index (κ3) is 3.39. The molecule has 3 N–H and O–H groups in total. The summed E-state index contributed by atoms with van der Waals surface area (Å²) >= 11 is 0. The van der Waals surface area contributed by atoms with Crippen molar-refractivity contribution >= 4 is 5.97 Å². The van der Waals surface area contributed by atoms with E-state index in [2.05, 4.69) is 23.7 Å². The Balaban J connectivity index is 1.91. The fraction of sp³-hybridized carbons (Fsp3) is 0.312. The number of carbonyl (C=O) groups is 1. The van der Waals surface area contributed by atoms with E-state index in [-0.39, 0.29) is 18.1 Å². The van der Waals surface area contributed by atoms with Crippen molar-refractivity contribution in [3.8, 4) is 23.7 Å². The molecule has 1 aromatic carbocycles. The van der Waals surface area contributed by atoms with Crippen molar-refractivity contribution in [2.45, 2.75) is 18.4 Å². The van der Waals surface area contributed by atoms with Gasteiger partial charge in [-0.15, -0.1) is 0 Å². The molecule has 0 aromatic heterocycles. The van der Waals surface area contributed by atoms with Crippen molar-refractivity contribution < 1.29 is 20.1 Å². The number of rotatable bonds is 2. The minimum absolute atomic E-state index is 0.0795. The van der Waals surface area contributed by atoms with Gasteiger partial charge >= 0.3 is 5.97 Å². The summed E-state index contributed by atoms with van der Waals surface area (Å²) in [6.07, 6.45) is 0.955. The molecule has 0 radical (unpaired) electrons. The van der Waals surface area contributed by atoms with Gasteiger partial charge in [0.2, 0.25) is 0 Å². The molecule has 0 aliphatic heterocycles. The minimum Gasteiger partial charge on any atom is -0.478 e. The summed E-state index contributed by atoms with van der Waals surface area (Å²) < 4.78 is 0. The molecule has 0 saturated heterocycles. The van der Waals surface area contributed by atoms with Crippen LogP contribution < -0.4 is 0 Å². The van der Waals surface area contributed by atoms with Crippen molar-refractivity contribution in [3.05, 3.63) is 35.4 Å². The van der Waals surface area contributed by atoms with Gasteiger partial charge < -0.3 is 15.3 Å². The zero-order valence-corrected chi connectivity index (χ0v) is 10.8. The fourth-order valence-electron chi connectivity index (χ4n) is 2.03. The molecule has 1 aromatic rings. The second-order valence-electron chi connectivity index (χ2n) is 4.89. The molecule has 0 bridgehead atoms. The maximum Gasteiger partial charge on any atom is 0.335 e. The van der Waals surface area contributed by atoms with E-state index >= 15 is 0 Å². The summed E-state index contributed by atoms with van der Waals surface area (Å²) in [5.74, 6) is 10.3. The average molecular weight is 270 g/mol. The van der Waals surface area contributed by atoms with Gasteiger partial charge in [0.05, 0.1) is 17.8 Å². The van der Waals surface area contributed by atoms with E-state index in [1.54, 1.807) is 12.1 Å². The van der Waals surface area contributed by atoms with Crippen LogP contribution in [-0.4, -0.2) is 33.5 Å². The Morgan fingerprint density at radius 2 is 1.90 bits per heavy atom. The lowest BCUT2D eigenvalue weighted by Crippen LogP contribution is -2.46. The minimum atomic E-state index is -0.967. The monoisotopic (exact) mass is 270 g/mol. The van der Waals surface area contributed by atoms with Crippen LogP contribution in [0.1, 0.15) is 28.8 Å². The Hall–Kier alpha value is -2.27. The Labute approximate surface area is 117 Å². The van der Waals surface area contributed by atoms with E-state index in [0.717, 1.165) is 0 Å². The normalized spacial score (nSPS) is 23.6. The zero-order chi connectivity index (χ0) is 14.6. The second kappa shape index (κ2) is 5.79. The lowest BCUT2D eigenvalue weighted by molar-refractivity contribution is -0.0926. The summed E-state index contributed by atoms with van der Waals surface area (Å²) in [5, 5.41) is 27.2. The molecule has 1 fully saturated rings. The average Bonchev–Trinajstić information content (AvgIpc) is 2.41. The Kier molecular flexibility index (Phi) is 4.10. The molecular formula is C16H14O4. The number of carboxylic acids is 1. The van der Waals surface area contributed by atoms with E-state index in [1.807, 2.05) is 0 Å². The highest BCUT2D eigenvalue weighted by molar-refractivity contribution is 5.87. The Bertz CT molecular complexity index is 616. The van der Waals surface area contributed by atoms with Gasteiger partial charge in [-0.3, -0.25) is 0 Å². The van der Waals surface area contributed by atoms with Gasteiger partial charge in [-0.2, -0.15) is 0 Å². The predicted molar refractivity (Wildman–Crippen MR) is 72.8 cm³/mol. The molecule has 0 unspecified atom stereocenters. The predicted octanol–water partition coefficient (Wildman–Crippen LogP) is 0.873. The number of aliphatic hydroxyl groups excluding tert-OH is 1. The summed E-state index contributed by atoms with van der Waals surface area (Å²) in [4.78, 5) is 10.7. The summed E-state index contributed by atoms with van der Waals surface area (Å²) in [5.41, 5.74) is -0.0384. The number of aliphatic hydroxyl groups is 2. The molecule has 1 aliphatic rings.